The van der Waals surface area contributed by atoms with Crippen LogP contribution < -0.4 is 25.2 Å². The van der Waals surface area contributed by atoms with E-state index in [2.05, 4.69) is 15.6 Å². The summed E-state index contributed by atoms with van der Waals surface area (Å²) in [5.74, 6) is -1.96. The Labute approximate surface area is 371 Å². The Balaban J connectivity index is 0.989. The van der Waals surface area contributed by atoms with Crippen molar-refractivity contribution in [3.8, 4) is 22.3 Å². The molecule has 2 aliphatic rings. The molecule has 15 nitrogen and oxygen atoms in total. The summed E-state index contributed by atoms with van der Waals surface area (Å²) in [5, 5.41) is 25.3. The van der Waals surface area contributed by atoms with Crippen molar-refractivity contribution in [2.24, 2.45) is 5.41 Å². The van der Waals surface area contributed by atoms with Crippen molar-refractivity contribution in [1.82, 2.24) is 20.5 Å². The molecule has 0 radical (unpaired) electrons. The molecule has 4 aromatic rings. The molecule has 0 bridgehead atoms. The highest BCUT2D eigenvalue weighted by Gasteiger charge is 2.53. The molecule has 0 aliphatic carbocycles. The third-order valence-corrected chi connectivity index (χ3v) is 11.9. The minimum absolute atomic E-state index is 0.00667. The van der Waals surface area contributed by atoms with Gasteiger partial charge in [-0.2, -0.15) is 18.4 Å². The first kappa shape index (κ1) is 47.1. The van der Waals surface area contributed by atoms with Crippen LogP contribution in [0.25, 0.3) is 10.4 Å². The normalized spacial score (nSPS) is 17.9. The number of rotatable bonds is 14. The Bertz CT molecular complexity index is 2450. The molecule has 2 saturated heterocycles. The maximum absolute atomic E-state index is 14.0. The lowest BCUT2D eigenvalue weighted by Gasteiger charge is -2.35. The van der Waals surface area contributed by atoms with E-state index in [9.17, 15) is 42.3 Å². The second-order valence-corrected chi connectivity index (χ2v) is 17.9. The third-order valence-electron chi connectivity index (χ3n) is 10.9. The number of amides is 6. The summed E-state index contributed by atoms with van der Waals surface area (Å²) in [7, 11) is 0. The van der Waals surface area contributed by atoms with Gasteiger partial charge in [-0.05, 0) is 79.8 Å². The molecule has 6 amide bonds. The fourth-order valence-corrected chi connectivity index (χ4v) is 8.33. The molecule has 3 atom stereocenters. The number of imide groups is 1. The predicted molar refractivity (Wildman–Crippen MR) is 230 cm³/mol. The molecule has 2 aliphatic heterocycles. The van der Waals surface area contributed by atoms with E-state index in [1.54, 1.807) is 37.6 Å². The van der Waals surface area contributed by atoms with Crippen LogP contribution >= 0.6 is 11.3 Å². The van der Waals surface area contributed by atoms with E-state index < -0.39 is 82.7 Å². The number of aliphatic hydroxyl groups excluding tert-OH is 1. The van der Waals surface area contributed by atoms with Crippen molar-refractivity contribution >= 4 is 52.4 Å². The molecule has 1 aromatic heterocycles. The quantitative estimate of drug-likeness (QED) is 0.100. The standard InChI is InChI=1S/C45H48F3N7O8S/c1-26-37(64-25-51-26)28-9-7-27(8-10-28)22-50-39(58)35-20-32(56)23-53(35)40(59)38(43(2,3)4)52-36(57)24-62-17-18-63-33-15-13-30(14-16-33)55-42(61)54(41(60)44(55,5)6)31-12-11-29(21-49)34(19-31)45(46,47)48/h7-16,19,25,32,35,38,56H,17-18,20,22-24H2,1-6H3,(H,50,58)(H,52,57)/t32-,35+,38-/m1/s1. The number of nitriles is 1. The first-order chi connectivity index (χ1) is 30.1. The minimum atomic E-state index is -4.89. The van der Waals surface area contributed by atoms with E-state index in [1.807, 2.05) is 31.2 Å². The number of β-amino-alcohol motifs (C(OH)–C–C–N with tert-alkyl or cyclic N) is 1. The molecule has 0 unspecified atom stereocenters. The number of aromatic nitrogens is 1. The summed E-state index contributed by atoms with van der Waals surface area (Å²) < 4.78 is 52.3. The highest BCUT2D eigenvalue weighted by atomic mass is 32.1. The fraction of sp³-hybridized carbons (Fsp3) is 0.400. The molecule has 3 heterocycles. The molecule has 3 N–H and O–H groups in total. The molecule has 0 saturated carbocycles. The molecule has 2 fully saturated rings. The second kappa shape index (κ2) is 18.8. The summed E-state index contributed by atoms with van der Waals surface area (Å²) in [6.07, 6.45) is -5.78. The van der Waals surface area contributed by atoms with Gasteiger partial charge >= 0.3 is 12.2 Å². The second-order valence-electron chi connectivity index (χ2n) is 17.0. The molecule has 64 heavy (non-hydrogen) atoms. The average Bonchev–Trinajstić information content (AvgIpc) is 3.90. The zero-order valence-corrected chi connectivity index (χ0v) is 36.8. The Kier molecular flexibility index (Phi) is 13.8. The SMILES string of the molecule is Cc1ncsc1-c1ccc(CNC(=O)[C@@H]2C[C@@H](O)CN2C(=O)[C@@H](NC(=O)COCCOc2ccc(N3C(=O)N(c4ccc(C#N)c(C(F)(F)F)c4)C(=O)C3(C)C)cc2)C(C)(C)C)cc1. The number of ether oxygens (including phenoxy) is 2. The van der Waals surface area contributed by atoms with Crippen LogP contribution in [0.5, 0.6) is 5.75 Å². The summed E-state index contributed by atoms with van der Waals surface area (Å²) >= 11 is 1.54. The van der Waals surface area contributed by atoms with Gasteiger partial charge in [-0.15, -0.1) is 11.3 Å². The smallest absolute Gasteiger partial charge is 0.417 e. The number of carbonyl (C=O) groups excluding carboxylic acids is 5. The zero-order valence-electron chi connectivity index (χ0n) is 36.0. The predicted octanol–water partition coefficient (Wildman–Crippen LogP) is 5.97. The van der Waals surface area contributed by atoms with Gasteiger partial charge in [0.1, 0.15) is 36.6 Å². The van der Waals surface area contributed by atoms with Gasteiger partial charge in [-0.25, -0.2) is 14.7 Å². The van der Waals surface area contributed by atoms with E-state index in [-0.39, 0.29) is 44.1 Å². The first-order valence-electron chi connectivity index (χ1n) is 20.3. The number of halogens is 3. The topological polar surface area (TPSA) is 194 Å². The number of aliphatic hydroxyl groups is 1. The van der Waals surface area contributed by atoms with Crippen LogP contribution in [0.15, 0.2) is 72.2 Å². The lowest BCUT2D eigenvalue weighted by Crippen LogP contribution is -2.58. The number of anilines is 2. The lowest BCUT2D eigenvalue weighted by molar-refractivity contribution is -0.144. The van der Waals surface area contributed by atoms with Crippen molar-refractivity contribution in [2.45, 2.75) is 84.4 Å². The third kappa shape index (κ3) is 10.2. The van der Waals surface area contributed by atoms with Gasteiger partial charge in [0.25, 0.3) is 5.91 Å². The van der Waals surface area contributed by atoms with Crippen LogP contribution in [-0.2, 0) is 36.6 Å². The van der Waals surface area contributed by atoms with E-state index >= 15 is 0 Å². The molecule has 19 heteroatoms. The number of thiazole rings is 1. The molecular weight excluding hydrogens is 856 g/mol. The fourth-order valence-electron chi connectivity index (χ4n) is 7.52. The number of hydrogen-bond acceptors (Lipinski definition) is 11. The zero-order chi connectivity index (χ0) is 46.7. The van der Waals surface area contributed by atoms with Gasteiger partial charge < -0.3 is 30.1 Å². The number of likely N-dealkylation sites (tertiary alicyclic amines) is 1. The van der Waals surface area contributed by atoms with Gasteiger partial charge in [0.15, 0.2) is 0 Å². The Hall–Kier alpha value is -6.36. The van der Waals surface area contributed by atoms with Gasteiger partial charge in [0.2, 0.25) is 17.7 Å². The van der Waals surface area contributed by atoms with Crippen molar-refractivity contribution < 1.29 is 51.7 Å². The molecule has 0 spiro atoms. The molecule has 3 aromatic carbocycles. The van der Waals surface area contributed by atoms with Crippen molar-refractivity contribution in [3.05, 3.63) is 94.6 Å². The highest BCUT2D eigenvalue weighted by molar-refractivity contribution is 7.13. The van der Waals surface area contributed by atoms with Gasteiger partial charge in [0, 0.05) is 25.2 Å². The van der Waals surface area contributed by atoms with Crippen LogP contribution in [0.3, 0.4) is 0 Å². The first-order valence-corrected chi connectivity index (χ1v) is 21.2. The Morgan fingerprint density at radius 2 is 1.69 bits per heavy atom. The van der Waals surface area contributed by atoms with Crippen LogP contribution in [0.1, 0.15) is 63.4 Å². The largest absolute Gasteiger partial charge is 0.491 e. The monoisotopic (exact) mass is 903 g/mol. The summed E-state index contributed by atoms with van der Waals surface area (Å²) in [5.41, 5.74) is 0.334. The number of benzene rings is 3. The van der Waals surface area contributed by atoms with Gasteiger partial charge in [0.05, 0.1) is 51.7 Å². The number of nitrogens with zero attached hydrogens (tertiary/aromatic N) is 5. The lowest BCUT2D eigenvalue weighted by atomic mass is 9.85. The van der Waals surface area contributed by atoms with Crippen molar-refractivity contribution in [1.29, 1.82) is 5.26 Å². The maximum atomic E-state index is 14.0. The van der Waals surface area contributed by atoms with Crippen LogP contribution in [0.4, 0.5) is 29.3 Å². The van der Waals surface area contributed by atoms with Crippen molar-refractivity contribution in [2.75, 3.05) is 36.2 Å². The number of carbonyl (C=O) groups is 5. The number of urea groups is 1. The maximum Gasteiger partial charge on any atom is 0.417 e. The van der Waals surface area contributed by atoms with Crippen LogP contribution in [0.2, 0.25) is 0 Å². The van der Waals surface area contributed by atoms with E-state index in [4.69, 9.17) is 14.7 Å². The Morgan fingerprint density at radius 3 is 2.30 bits per heavy atom. The molecule has 338 valence electrons. The van der Waals surface area contributed by atoms with Crippen LogP contribution in [0, 0.1) is 23.7 Å². The van der Waals surface area contributed by atoms with E-state index in [1.165, 1.54) is 49.1 Å². The van der Waals surface area contributed by atoms with Gasteiger partial charge in [-0.3, -0.25) is 24.1 Å². The molecular formula is C45H48F3N7O8S. The van der Waals surface area contributed by atoms with Crippen LogP contribution in [-0.4, -0.2) is 94.7 Å². The summed E-state index contributed by atoms with van der Waals surface area (Å²) in [4.78, 5) is 75.9. The Morgan fingerprint density at radius 1 is 1.02 bits per heavy atom. The number of alkyl halides is 3. The van der Waals surface area contributed by atoms with Gasteiger partial charge in [-0.1, -0.05) is 45.0 Å². The summed E-state index contributed by atoms with van der Waals surface area (Å²) in [6.45, 7) is 9.83. The highest BCUT2D eigenvalue weighted by Crippen LogP contribution is 2.40. The van der Waals surface area contributed by atoms with E-state index in [0.717, 1.165) is 38.7 Å². The van der Waals surface area contributed by atoms with Crippen molar-refractivity contribution in [3.63, 3.8) is 0 Å². The number of aryl methyl sites for hydroxylation is 1. The summed E-state index contributed by atoms with van der Waals surface area (Å²) in [6, 6.07) is 15.0. The molecule has 6 rings (SSSR count). The van der Waals surface area contributed by atoms with E-state index in [0.29, 0.717) is 16.7 Å². The average molecular weight is 904 g/mol. The number of hydrogen-bond donors (Lipinski definition) is 3. The minimum Gasteiger partial charge on any atom is -0.491 e. The number of nitrogens with one attached hydrogen (secondary N) is 2.